The first kappa shape index (κ1) is 20.7. The van der Waals surface area contributed by atoms with Gasteiger partial charge in [0.05, 0.1) is 36.3 Å². The minimum absolute atomic E-state index is 0.706. The number of rotatable bonds is 9. The molecule has 2 aliphatic heterocycles. The average Bonchev–Trinajstić information content (AvgIpc) is 3.53. The molecule has 1 saturated carbocycles. The van der Waals surface area contributed by atoms with Crippen LogP contribution in [0.5, 0.6) is 11.5 Å². The van der Waals surface area contributed by atoms with Crippen LogP contribution >= 0.6 is 0 Å². The molecule has 0 spiro atoms. The Hall–Kier alpha value is -2.21. The third kappa shape index (κ3) is 4.84. The smallest absolute Gasteiger partial charge is 0.163 e. The van der Waals surface area contributed by atoms with Crippen LogP contribution in [0.25, 0.3) is 10.9 Å². The third-order valence-corrected chi connectivity index (χ3v) is 6.83. The van der Waals surface area contributed by atoms with Gasteiger partial charge < -0.3 is 25.0 Å². The number of aromatic nitrogens is 1. The zero-order chi connectivity index (χ0) is 21.0. The summed E-state index contributed by atoms with van der Waals surface area (Å²) in [7, 11) is 1.73. The standard InChI is InChI=1S/C25H36N4O2/c1-30-22-15-19-21(16-23(22)31-14-6-13-29-11-4-5-12-29)28-20-7-2-3-10-26-25(20)24(19)27-17-18-8-9-18/h15-16,18,26H,2-14,17H2,1H3,(H,27,28). The molecule has 0 amide bonds. The molecule has 2 fully saturated rings. The molecule has 3 heterocycles. The maximum atomic E-state index is 6.19. The number of likely N-dealkylation sites (tertiary alicyclic amines) is 1. The van der Waals surface area contributed by atoms with Crippen LogP contribution in [0, 0.1) is 5.92 Å². The van der Waals surface area contributed by atoms with E-state index < -0.39 is 0 Å². The first-order valence-corrected chi connectivity index (χ1v) is 12.2. The minimum atomic E-state index is 0.706. The molecule has 5 rings (SSSR count). The fourth-order valence-corrected chi connectivity index (χ4v) is 4.83. The SMILES string of the molecule is COc1cc2c(NCC3CC3)c3c(nc2cc1OCCCN1CCCC1)CCCCN3. The number of benzene rings is 1. The summed E-state index contributed by atoms with van der Waals surface area (Å²) in [4.78, 5) is 7.59. The lowest BCUT2D eigenvalue weighted by Gasteiger charge is -2.20. The number of nitrogens with zero attached hydrogens (tertiary/aromatic N) is 2. The number of ether oxygens (including phenoxy) is 2. The van der Waals surface area contributed by atoms with Crippen molar-refractivity contribution in [3.05, 3.63) is 17.8 Å². The topological polar surface area (TPSA) is 58.6 Å². The second-order valence-corrected chi connectivity index (χ2v) is 9.29. The summed E-state index contributed by atoms with van der Waals surface area (Å²) in [5.41, 5.74) is 4.55. The first-order valence-electron chi connectivity index (χ1n) is 12.2. The van der Waals surface area contributed by atoms with Gasteiger partial charge in [-0.2, -0.15) is 0 Å². The van der Waals surface area contributed by atoms with Crippen molar-refractivity contribution in [1.82, 2.24) is 9.88 Å². The van der Waals surface area contributed by atoms with Crippen LogP contribution in [0.2, 0.25) is 0 Å². The van der Waals surface area contributed by atoms with Gasteiger partial charge in [-0.1, -0.05) is 0 Å². The highest BCUT2D eigenvalue weighted by molar-refractivity contribution is 6.00. The summed E-state index contributed by atoms with van der Waals surface area (Å²) in [6, 6.07) is 4.19. The second kappa shape index (κ2) is 9.51. The van der Waals surface area contributed by atoms with Gasteiger partial charge in [-0.05, 0) is 76.4 Å². The largest absolute Gasteiger partial charge is 0.493 e. The Labute approximate surface area is 185 Å². The summed E-state index contributed by atoms with van der Waals surface area (Å²) in [6.45, 7) is 6.33. The molecular weight excluding hydrogens is 388 g/mol. The number of methoxy groups -OCH3 is 1. The molecule has 2 aromatic rings. The van der Waals surface area contributed by atoms with Crippen LogP contribution < -0.4 is 20.1 Å². The van der Waals surface area contributed by atoms with E-state index >= 15 is 0 Å². The van der Waals surface area contributed by atoms with Gasteiger partial charge in [0.25, 0.3) is 0 Å². The van der Waals surface area contributed by atoms with E-state index in [9.17, 15) is 0 Å². The molecule has 3 aliphatic rings. The van der Waals surface area contributed by atoms with Gasteiger partial charge in [-0.15, -0.1) is 0 Å². The number of fused-ring (bicyclic) bond motifs is 2. The fraction of sp³-hybridized carbons (Fsp3) is 0.640. The van der Waals surface area contributed by atoms with Crippen LogP contribution in [0.3, 0.4) is 0 Å². The van der Waals surface area contributed by atoms with Crippen LogP contribution in [0.1, 0.15) is 50.6 Å². The molecule has 0 radical (unpaired) electrons. The van der Waals surface area contributed by atoms with Gasteiger partial charge in [0.1, 0.15) is 0 Å². The van der Waals surface area contributed by atoms with E-state index in [1.807, 2.05) is 0 Å². The fourth-order valence-electron chi connectivity index (χ4n) is 4.83. The highest BCUT2D eigenvalue weighted by atomic mass is 16.5. The second-order valence-electron chi connectivity index (χ2n) is 9.29. The highest BCUT2D eigenvalue weighted by Gasteiger charge is 2.24. The zero-order valence-corrected chi connectivity index (χ0v) is 18.8. The number of anilines is 2. The minimum Gasteiger partial charge on any atom is -0.493 e. The molecule has 1 aliphatic carbocycles. The Bertz CT molecular complexity index is 906. The Kier molecular flexibility index (Phi) is 6.35. The van der Waals surface area contributed by atoms with E-state index in [1.165, 1.54) is 68.7 Å². The normalized spacial score (nSPS) is 19.0. The lowest BCUT2D eigenvalue weighted by molar-refractivity contribution is 0.254. The van der Waals surface area contributed by atoms with Gasteiger partial charge >= 0.3 is 0 Å². The summed E-state index contributed by atoms with van der Waals surface area (Å²) < 4.78 is 11.9. The quantitative estimate of drug-likeness (QED) is 0.570. The number of pyridine rings is 1. The summed E-state index contributed by atoms with van der Waals surface area (Å²) >= 11 is 0. The molecule has 0 unspecified atom stereocenters. The van der Waals surface area contributed by atoms with Crippen molar-refractivity contribution in [3.63, 3.8) is 0 Å². The number of hydrogen-bond acceptors (Lipinski definition) is 6. The van der Waals surface area contributed by atoms with Crippen molar-refractivity contribution >= 4 is 22.3 Å². The monoisotopic (exact) mass is 424 g/mol. The van der Waals surface area contributed by atoms with E-state index in [0.29, 0.717) is 6.61 Å². The summed E-state index contributed by atoms with van der Waals surface area (Å²) in [5, 5.41) is 8.52. The maximum Gasteiger partial charge on any atom is 0.163 e. The van der Waals surface area contributed by atoms with Crippen molar-refractivity contribution in [2.45, 2.75) is 51.4 Å². The van der Waals surface area contributed by atoms with Crippen LogP contribution in [0.4, 0.5) is 11.4 Å². The predicted molar refractivity (Wildman–Crippen MR) is 127 cm³/mol. The third-order valence-electron chi connectivity index (χ3n) is 6.83. The predicted octanol–water partition coefficient (Wildman–Crippen LogP) is 4.68. The Morgan fingerprint density at radius 1 is 1.13 bits per heavy atom. The molecule has 6 nitrogen and oxygen atoms in total. The molecule has 6 heteroatoms. The van der Waals surface area contributed by atoms with Gasteiger partial charge in [0, 0.05) is 31.1 Å². The lowest BCUT2D eigenvalue weighted by Crippen LogP contribution is -2.21. The Balaban J connectivity index is 1.40. The molecule has 0 bridgehead atoms. The molecule has 168 valence electrons. The van der Waals surface area contributed by atoms with Gasteiger partial charge in [-0.25, -0.2) is 0 Å². The van der Waals surface area contributed by atoms with Crippen LogP contribution in [0.15, 0.2) is 12.1 Å². The molecule has 1 saturated heterocycles. The van der Waals surface area contributed by atoms with E-state index in [-0.39, 0.29) is 0 Å². The van der Waals surface area contributed by atoms with Crippen LogP contribution in [-0.4, -0.2) is 56.3 Å². The van der Waals surface area contributed by atoms with Gasteiger partial charge in [-0.3, -0.25) is 4.98 Å². The Morgan fingerprint density at radius 3 is 2.81 bits per heavy atom. The zero-order valence-electron chi connectivity index (χ0n) is 18.8. The lowest BCUT2D eigenvalue weighted by atomic mass is 10.1. The number of nitrogens with one attached hydrogen (secondary N) is 2. The summed E-state index contributed by atoms with van der Waals surface area (Å²) in [6.07, 6.45) is 9.77. The molecule has 0 atom stereocenters. The average molecular weight is 425 g/mol. The van der Waals surface area contributed by atoms with Gasteiger partial charge in [0.2, 0.25) is 0 Å². The summed E-state index contributed by atoms with van der Waals surface area (Å²) in [5.74, 6) is 2.40. The highest BCUT2D eigenvalue weighted by Crippen LogP contribution is 2.41. The molecule has 31 heavy (non-hydrogen) atoms. The maximum absolute atomic E-state index is 6.19. The molecular formula is C25H36N4O2. The van der Waals surface area contributed by atoms with E-state index in [4.69, 9.17) is 14.5 Å². The van der Waals surface area contributed by atoms with Crippen molar-refractivity contribution < 1.29 is 9.47 Å². The van der Waals surface area contributed by atoms with Gasteiger partial charge in [0.15, 0.2) is 11.5 Å². The number of aryl methyl sites for hydroxylation is 1. The number of hydrogen-bond donors (Lipinski definition) is 2. The van der Waals surface area contributed by atoms with E-state index in [0.717, 1.165) is 60.8 Å². The molecule has 1 aromatic heterocycles. The van der Waals surface area contributed by atoms with Crippen molar-refractivity contribution in [1.29, 1.82) is 0 Å². The molecule has 2 N–H and O–H groups in total. The van der Waals surface area contributed by atoms with E-state index in [2.05, 4.69) is 27.7 Å². The molecule has 1 aromatic carbocycles. The van der Waals surface area contributed by atoms with E-state index in [1.54, 1.807) is 7.11 Å². The first-order chi connectivity index (χ1) is 15.3. The van der Waals surface area contributed by atoms with Crippen molar-refractivity contribution in [3.8, 4) is 11.5 Å². The van der Waals surface area contributed by atoms with Crippen LogP contribution in [-0.2, 0) is 6.42 Å². The van der Waals surface area contributed by atoms with Crippen molar-refractivity contribution in [2.75, 3.05) is 57.1 Å². The Morgan fingerprint density at radius 2 is 2.00 bits per heavy atom. The van der Waals surface area contributed by atoms with Crippen molar-refractivity contribution in [2.24, 2.45) is 5.92 Å².